The van der Waals surface area contributed by atoms with Crippen molar-refractivity contribution >= 4 is 5.57 Å². The molecule has 0 fully saturated rings. The van der Waals surface area contributed by atoms with Gasteiger partial charge in [-0.05, 0) is 42.4 Å². The van der Waals surface area contributed by atoms with Crippen LogP contribution in [0.15, 0.2) is 30.8 Å². The second kappa shape index (κ2) is 18.0. The predicted octanol–water partition coefficient (Wildman–Crippen LogP) is 9.91. The molecular formula is C28H48. The van der Waals surface area contributed by atoms with Crippen LogP contribution in [0.2, 0.25) is 0 Å². The van der Waals surface area contributed by atoms with Crippen molar-refractivity contribution in [3.63, 3.8) is 0 Å². The van der Waals surface area contributed by atoms with Crippen molar-refractivity contribution < 1.29 is 0 Å². The maximum atomic E-state index is 4.33. The van der Waals surface area contributed by atoms with E-state index in [1.165, 1.54) is 126 Å². The Balaban J connectivity index is 2.07. The molecule has 0 atom stereocenters. The van der Waals surface area contributed by atoms with Crippen LogP contribution in [0.25, 0.3) is 5.57 Å². The molecule has 0 aliphatic heterocycles. The van der Waals surface area contributed by atoms with Crippen LogP contribution in [0.3, 0.4) is 0 Å². The van der Waals surface area contributed by atoms with Crippen molar-refractivity contribution in [2.45, 2.75) is 129 Å². The summed E-state index contributed by atoms with van der Waals surface area (Å²) in [5.41, 5.74) is 4.17. The minimum atomic E-state index is 1.16. The smallest absolute Gasteiger partial charge is 0.0230 e. The zero-order valence-electron chi connectivity index (χ0n) is 19.2. The first-order chi connectivity index (χ1) is 13.8. The summed E-state index contributed by atoms with van der Waals surface area (Å²) in [4.78, 5) is 0. The number of unbranched alkanes of at least 4 members (excludes halogenated alkanes) is 14. The van der Waals surface area contributed by atoms with Gasteiger partial charge in [0.1, 0.15) is 0 Å². The lowest BCUT2D eigenvalue weighted by atomic mass is 9.98. The molecule has 0 N–H and O–H groups in total. The molecule has 0 bridgehead atoms. The first-order valence-electron chi connectivity index (χ1n) is 12.5. The summed E-state index contributed by atoms with van der Waals surface area (Å²) in [5, 5.41) is 0. The van der Waals surface area contributed by atoms with E-state index in [0.717, 1.165) is 6.42 Å². The summed E-state index contributed by atoms with van der Waals surface area (Å²) in [6, 6.07) is 9.26. The molecule has 28 heavy (non-hydrogen) atoms. The van der Waals surface area contributed by atoms with Gasteiger partial charge in [0, 0.05) is 0 Å². The summed E-state index contributed by atoms with van der Waals surface area (Å²) in [5.74, 6) is 0. The fourth-order valence-corrected chi connectivity index (χ4v) is 3.99. The van der Waals surface area contributed by atoms with E-state index in [0.29, 0.717) is 0 Å². The number of benzene rings is 1. The highest BCUT2D eigenvalue weighted by Gasteiger charge is 2.01. The minimum absolute atomic E-state index is 1.16. The molecule has 0 aromatic heterocycles. The van der Waals surface area contributed by atoms with Crippen molar-refractivity contribution in [2.75, 3.05) is 0 Å². The summed E-state index contributed by atoms with van der Waals surface area (Å²) in [6.45, 7) is 8.91. The molecule has 0 aliphatic carbocycles. The zero-order valence-corrected chi connectivity index (χ0v) is 19.2. The van der Waals surface area contributed by atoms with E-state index in [-0.39, 0.29) is 0 Å². The van der Waals surface area contributed by atoms with E-state index < -0.39 is 0 Å². The lowest BCUT2D eigenvalue weighted by Crippen LogP contribution is -1.89. The van der Waals surface area contributed by atoms with Gasteiger partial charge in [-0.1, -0.05) is 135 Å². The van der Waals surface area contributed by atoms with Crippen LogP contribution >= 0.6 is 0 Å². The Kier molecular flexibility index (Phi) is 16.1. The average molecular weight is 385 g/mol. The van der Waals surface area contributed by atoms with Gasteiger partial charge in [-0.25, -0.2) is 0 Å². The van der Waals surface area contributed by atoms with Gasteiger partial charge >= 0.3 is 0 Å². The molecule has 1 rings (SSSR count). The van der Waals surface area contributed by atoms with Crippen LogP contribution in [0.4, 0.5) is 0 Å². The molecule has 1 aromatic rings. The number of hydrogen-bond donors (Lipinski definition) is 0. The first kappa shape index (κ1) is 25.0. The van der Waals surface area contributed by atoms with E-state index in [2.05, 4.69) is 44.7 Å². The highest BCUT2D eigenvalue weighted by Crippen LogP contribution is 2.21. The highest BCUT2D eigenvalue weighted by atomic mass is 14.1. The third-order valence-electron chi connectivity index (χ3n) is 6.01. The number of hydrogen-bond acceptors (Lipinski definition) is 0. The maximum Gasteiger partial charge on any atom is -0.0230 e. The van der Waals surface area contributed by atoms with Crippen LogP contribution < -0.4 is 0 Å². The zero-order chi connectivity index (χ0) is 20.3. The topological polar surface area (TPSA) is 0 Å². The Morgan fingerprint density at radius 3 is 1.50 bits per heavy atom. The van der Waals surface area contributed by atoms with Crippen molar-refractivity contribution in [1.82, 2.24) is 0 Å². The van der Waals surface area contributed by atoms with E-state index in [1.54, 1.807) is 0 Å². The third kappa shape index (κ3) is 13.2. The second-order valence-corrected chi connectivity index (χ2v) is 8.75. The van der Waals surface area contributed by atoms with Gasteiger partial charge < -0.3 is 0 Å². The SMILES string of the molecule is C=C(CCCCCCCCCC)c1ccc(CCCCCCCCCC)cc1. The minimum Gasteiger partial charge on any atom is -0.0952 e. The molecule has 0 nitrogen and oxygen atoms in total. The molecular weight excluding hydrogens is 336 g/mol. The molecule has 0 spiro atoms. The Bertz CT molecular complexity index is 467. The van der Waals surface area contributed by atoms with Gasteiger partial charge in [0.25, 0.3) is 0 Å². The van der Waals surface area contributed by atoms with Gasteiger partial charge in [0.2, 0.25) is 0 Å². The molecule has 0 aliphatic rings. The third-order valence-corrected chi connectivity index (χ3v) is 6.01. The Hall–Kier alpha value is -1.04. The van der Waals surface area contributed by atoms with E-state index in [1.807, 2.05) is 0 Å². The summed E-state index contributed by atoms with van der Waals surface area (Å²) in [7, 11) is 0. The largest absolute Gasteiger partial charge is 0.0952 e. The number of aryl methyl sites for hydroxylation is 1. The van der Waals surface area contributed by atoms with Gasteiger partial charge in [-0.3, -0.25) is 0 Å². The number of allylic oxidation sites excluding steroid dienone is 1. The molecule has 160 valence electrons. The van der Waals surface area contributed by atoms with Crippen molar-refractivity contribution in [3.8, 4) is 0 Å². The molecule has 0 saturated carbocycles. The number of rotatable bonds is 19. The molecule has 0 heteroatoms. The molecule has 0 heterocycles. The van der Waals surface area contributed by atoms with Gasteiger partial charge in [-0.2, -0.15) is 0 Å². The van der Waals surface area contributed by atoms with Gasteiger partial charge in [0.05, 0.1) is 0 Å². The normalized spacial score (nSPS) is 11.1. The van der Waals surface area contributed by atoms with E-state index in [4.69, 9.17) is 0 Å². The quantitative estimate of drug-likeness (QED) is 0.208. The maximum absolute atomic E-state index is 4.33. The standard InChI is InChI=1S/C28H48/c1-4-6-8-10-12-14-16-18-20-26(3)28-24-22-27(23-25-28)21-19-17-15-13-11-9-7-5-2/h22-25H,3-21H2,1-2H3. The Labute approximate surface area is 177 Å². The molecule has 0 radical (unpaired) electrons. The molecule has 0 saturated heterocycles. The Morgan fingerprint density at radius 2 is 1.00 bits per heavy atom. The van der Waals surface area contributed by atoms with Crippen molar-refractivity contribution in [3.05, 3.63) is 42.0 Å². The fraction of sp³-hybridized carbons (Fsp3) is 0.714. The molecule has 1 aromatic carbocycles. The monoisotopic (exact) mass is 384 g/mol. The van der Waals surface area contributed by atoms with Crippen LogP contribution in [0.5, 0.6) is 0 Å². The van der Waals surface area contributed by atoms with Crippen LogP contribution in [-0.2, 0) is 6.42 Å². The molecule has 0 unspecified atom stereocenters. The summed E-state index contributed by atoms with van der Waals surface area (Å²) >= 11 is 0. The van der Waals surface area contributed by atoms with E-state index in [9.17, 15) is 0 Å². The van der Waals surface area contributed by atoms with Crippen molar-refractivity contribution in [2.24, 2.45) is 0 Å². The van der Waals surface area contributed by atoms with E-state index >= 15 is 0 Å². The molecule has 0 amide bonds. The Morgan fingerprint density at radius 1 is 0.571 bits per heavy atom. The first-order valence-corrected chi connectivity index (χ1v) is 12.5. The summed E-state index contributed by atoms with van der Waals surface area (Å²) < 4.78 is 0. The fourth-order valence-electron chi connectivity index (χ4n) is 3.99. The van der Waals surface area contributed by atoms with Crippen molar-refractivity contribution in [1.29, 1.82) is 0 Å². The second-order valence-electron chi connectivity index (χ2n) is 8.75. The predicted molar refractivity (Wildman–Crippen MR) is 129 cm³/mol. The summed E-state index contributed by atoms with van der Waals surface area (Å²) in [6.07, 6.45) is 24.7. The lowest BCUT2D eigenvalue weighted by molar-refractivity contribution is 0.575. The van der Waals surface area contributed by atoms with Gasteiger partial charge in [-0.15, -0.1) is 0 Å². The van der Waals surface area contributed by atoms with Crippen LogP contribution in [-0.4, -0.2) is 0 Å². The van der Waals surface area contributed by atoms with Crippen LogP contribution in [0.1, 0.15) is 134 Å². The highest BCUT2D eigenvalue weighted by molar-refractivity contribution is 5.63. The lowest BCUT2D eigenvalue weighted by Gasteiger charge is -2.08. The average Bonchev–Trinajstić information content (AvgIpc) is 2.72. The van der Waals surface area contributed by atoms with Gasteiger partial charge in [0.15, 0.2) is 0 Å². The van der Waals surface area contributed by atoms with Crippen LogP contribution in [0, 0.1) is 0 Å².